The molecule has 0 saturated heterocycles. The molecule has 1 aliphatic rings. The van der Waals surface area contributed by atoms with Crippen molar-refractivity contribution in [3.8, 4) is 0 Å². The van der Waals surface area contributed by atoms with Gasteiger partial charge in [-0.25, -0.2) is 0 Å². The van der Waals surface area contributed by atoms with Crippen LogP contribution in [0.15, 0.2) is 16.8 Å². The second-order valence-corrected chi connectivity index (χ2v) is 3.38. The molecule has 0 bridgehead atoms. The lowest BCUT2D eigenvalue weighted by molar-refractivity contribution is 0.274. The summed E-state index contributed by atoms with van der Waals surface area (Å²) in [5, 5.41) is 0. The summed E-state index contributed by atoms with van der Waals surface area (Å²) in [5.41, 5.74) is 1.19. The Morgan fingerprint density at radius 1 is 1.42 bits per heavy atom. The van der Waals surface area contributed by atoms with Gasteiger partial charge in [-0.05, 0) is 32.8 Å². The largest absolute Gasteiger partial charge is 0.501 e. The summed E-state index contributed by atoms with van der Waals surface area (Å²) in [4.78, 5) is 4.49. The van der Waals surface area contributed by atoms with E-state index in [-0.39, 0.29) is 0 Å². The molecule has 2 heteroatoms. The minimum absolute atomic E-state index is 0.396. The van der Waals surface area contributed by atoms with E-state index < -0.39 is 0 Å². The van der Waals surface area contributed by atoms with Gasteiger partial charge in [-0.3, -0.25) is 4.99 Å². The Morgan fingerprint density at radius 3 is 2.75 bits per heavy atom. The fourth-order valence-electron chi connectivity index (χ4n) is 1.37. The van der Waals surface area contributed by atoms with Crippen LogP contribution < -0.4 is 0 Å². The number of methoxy groups -OCH3 is 1. The molecule has 0 amide bonds. The van der Waals surface area contributed by atoms with E-state index in [1.165, 1.54) is 12.1 Å². The maximum atomic E-state index is 5.18. The Morgan fingerprint density at radius 2 is 2.17 bits per heavy atom. The zero-order valence-corrected chi connectivity index (χ0v) is 8.13. The molecule has 1 rings (SSSR count). The number of rotatable bonds is 2. The van der Waals surface area contributed by atoms with Crippen molar-refractivity contribution in [2.24, 2.45) is 4.99 Å². The highest BCUT2D eigenvalue weighted by molar-refractivity contribution is 5.96. The van der Waals surface area contributed by atoms with E-state index in [4.69, 9.17) is 4.74 Å². The van der Waals surface area contributed by atoms with Crippen molar-refractivity contribution >= 4 is 5.71 Å². The quantitative estimate of drug-likeness (QED) is 0.619. The van der Waals surface area contributed by atoms with Crippen molar-refractivity contribution in [1.29, 1.82) is 0 Å². The molecule has 2 nitrogen and oxygen atoms in total. The minimum atomic E-state index is 0.396. The van der Waals surface area contributed by atoms with Crippen LogP contribution in [0.4, 0.5) is 0 Å². The molecule has 68 valence electrons. The highest BCUT2D eigenvalue weighted by Gasteiger charge is 2.08. The van der Waals surface area contributed by atoms with Crippen LogP contribution in [-0.2, 0) is 4.74 Å². The van der Waals surface area contributed by atoms with E-state index in [1.807, 2.05) is 0 Å². The summed E-state index contributed by atoms with van der Waals surface area (Å²) < 4.78 is 5.18. The van der Waals surface area contributed by atoms with Gasteiger partial charge in [0.15, 0.2) is 0 Å². The topological polar surface area (TPSA) is 21.6 Å². The first-order valence-corrected chi connectivity index (χ1v) is 4.53. The number of hydrogen-bond acceptors (Lipinski definition) is 2. The predicted molar refractivity (Wildman–Crippen MR) is 51.5 cm³/mol. The van der Waals surface area contributed by atoms with Crippen molar-refractivity contribution in [2.75, 3.05) is 7.11 Å². The molecule has 12 heavy (non-hydrogen) atoms. The van der Waals surface area contributed by atoms with Crippen LogP contribution in [0, 0.1) is 0 Å². The molecule has 0 radical (unpaired) electrons. The Kier molecular flexibility index (Phi) is 3.32. The van der Waals surface area contributed by atoms with E-state index >= 15 is 0 Å². The smallest absolute Gasteiger partial charge is 0.0973 e. The first-order valence-electron chi connectivity index (χ1n) is 4.53. The molecular weight excluding hydrogens is 150 g/mol. The van der Waals surface area contributed by atoms with Crippen LogP contribution in [0.25, 0.3) is 0 Å². The Bertz CT molecular complexity index is 204. The molecule has 0 aromatic rings. The van der Waals surface area contributed by atoms with E-state index in [2.05, 4.69) is 24.9 Å². The van der Waals surface area contributed by atoms with Crippen LogP contribution in [0.1, 0.15) is 33.1 Å². The summed E-state index contributed by atoms with van der Waals surface area (Å²) in [7, 11) is 1.73. The zero-order valence-electron chi connectivity index (χ0n) is 8.13. The molecule has 0 N–H and O–H groups in total. The van der Waals surface area contributed by atoms with Gasteiger partial charge in [0.05, 0.1) is 12.9 Å². The maximum Gasteiger partial charge on any atom is 0.0973 e. The first kappa shape index (κ1) is 9.30. The molecule has 0 aromatic carbocycles. The van der Waals surface area contributed by atoms with Crippen molar-refractivity contribution in [3.63, 3.8) is 0 Å². The van der Waals surface area contributed by atoms with Crippen molar-refractivity contribution in [1.82, 2.24) is 0 Å². The standard InChI is InChI=1S/C10H17NO/c1-8(2)11-9-5-4-6-10(7-9)12-3/h7-8H,4-6H2,1-3H3. The molecule has 0 spiro atoms. The van der Waals surface area contributed by atoms with E-state index in [0.29, 0.717) is 6.04 Å². The molecule has 0 aliphatic heterocycles. The monoisotopic (exact) mass is 167 g/mol. The fraction of sp³-hybridized carbons (Fsp3) is 0.700. The zero-order chi connectivity index (χ0) is 8.97. The Labute approximate surface area is 74.3 Å². The number of allylic oxidation sites excluding steroid dienone is 2. The van der Waals surface area contributed by atoms with Crippen molar-refractivity contribution in [2.45, 2.75) is 39.2 Å². The van der Waals surface area contributed by atoms with Crippen molar-refractivity contribution in [3.05, 3.63) is 11.8 Å². The minimum Gasteiger partial charge on any atom is -0.501 e. The lowest BCUT2D eigenvalue weighted by Crippen LogP contribution is -2.07. The Hall–Kier alpha value is -0.790. The second kappa shape index (κ2) is 4.29. The predicted octanol–water partition coefficient (Wildman–Crippen LogP) is 2.55. The summed E-state index contributed by atoms with van der Waals surface area (Å²) in [6, 6.07) is 0.396. The van der Waals surface area contributed by atoms with Gasteiger partial charge in [-0.1, -0.05) is 0 Å². The average Bonchev–Trinajstić information content (AvgIpc) is 2.03. The van der Waals surface area contributed by atoms with E-state index in [0.717, 1.165) is 18.6 Å². The fourth-order valence-corrected chi connectivity index (χ4v) is 1.37. The number of hydrogen-bond donors (Lipinski definition) is 0. The molecule has 1 aliphatic carbocycles. The molecule has 0 heterocycles. The molecule has 0 saturated carbocycles. The first-order chi connectivity index (χ1) is 5.72. The molecule has 0 aromatic heterocycles. The maximum absolute atomic E-state index is 5.18. The van der Waals surface area contributed by atoms with Crippen LogP contribution in [0.2, 0.25) is 0 Å². The van der Waals surface area contributed by atoms with Gasteiger partial charge in [0.2, 0.25) is 0 Å². The molecule has 0 unspecified atom stereocenters. The van der Waals surface area contributed by atoms with Gasteiger partial charge in [0, 0.05) is 18.2 Å². The van der Waals surface area contributed by atoms with Crippen molar-refractivity contribution < 1.29 is 4.74 Å². The summed E-state index contributed by atoms with van der Waals surface area (Å²) in [6.07, 6.45) is 5.41. The second-order valence-electron chi connectivity index (χ2n) is 3.38. The lowest BCUT2D eigenvalue weighted by Gasteiger charge is -2.13. The van der Waals surface area contributed by atoms with Gasteiger partial charge < -0.3 is 4.74 Å². The van der Waals surface area contributed by atoms with Gasteiger partial charge >= 0.3 is 0 Å². The van der Waals surface area contributed by atoms with Gasteiger partial charge in [0.25, 0.3) is 0 Å². The number of aliphatic imine (C=N–C) groups is 1. The molecule has 0 atom stereocenters. The number of nitrogens with zero attached hydrogens (tertiary/aromatic N) is 1. The van der Waals surface area contributed by atoms with E-state index in [1.54, 1.807) is 7.11 Å². The van der Waals surface area contributed by atoms with Crippen LogP contribution in [0.3, 0.4) is 0 Å². The third-order valence-corrected chi connectivity index (χ3v) is 1.87. The molecular formula is C10H17NO. The van der Waals surface area contributed by atoms with Gasteiger partial charge in [-0.2, -0.15) is 0 Å². The normalized spacial score (nSPS) is 21.3. The molecule has 0 fully saturated rings. The van der Waals surface area contributed by atoms with E-state index in [9.17, 15) is 0 Å². The van der Waals surface area contributed by atoms with Crippen LogP contribution in [0.5, 0.6) is 0 Å². The SMILES string of the molecule is COC1=CC(=NC(C)C)CCC1. The third-order valence-electron chi connectivity index (χ3n) is 1.87. The van der Waals surface area contributed by atoms with Gasteiger partial charge in [0.1, 0.15) is 0 Å². The summed E-state index contributed by atoms with van der Waals surface area (Å²) >= 11 is 0. The average molecular weight is 167 g/mol. The van der Waals surface area contributed by atoms with Gasteiger partial charge in [-0.15, -0.1) is 0 Å². The van der Waals surface area contributed by atoms with Crippen LogP contribution >= 0.6 is 0 Å². The third kappa shape index (κ3) is 2.68. The summed E-state index contributed by atoms with van der Waals surface area (Å²) in [6.45, 7) is 4.20. The Balaban J connectivity index is 2.67. The highest BCUT2D eigenvalue weighted by atomic mass is 16.5. The highest BCUT2D eigenvalue weighted by Crippen LogP contribution is 2.16. The number of ether oxygens (including phenoxy) is 1. The lowest BCUT2D eigenvalue weighted by atomic mass is 10.0. The van der Waals surface area contributed by atoms with Crippen LogP contribution in [-0.4, -0.2) is 18.9 Å². The summed E-state index contributed by atoms with van der Waals surface area (Å²) in [5.74, 6) is 1.07.